The van der Waals surface area contributed by atoms with Gasteiger partial charge in [0.2, 0.25) is 0 Å². The highest BCUT2D eigenvalue weighted by atomic mass is 35.5. The Balaban J connectivity index is 2.07. The number of benzene rings is 1. The van der Waals surface area contributed by atoms with Gasteiger partial charge in [0.1, 0.15) is 10.9 Å². The zero-order chi connectivity index (χ0) is 20.1. The quantitative estimate of drug-likeness (QED) is 0.236. The first-order valence-electron chi connectivity index (χ1n) is 8.61. The summed E-state index contributed by atoms with van der Waals surface area (Å²) in [5.41, 5.74) is 10.9. The van der Waals surface area contributed by atoms with Crippen LogP contribution in [0.25, 0.3) is 10.4 Å². The van der Waals surface area contributed by atoms with Crippen molar-refractivity contribution < 1.29 is 0 Å². The Kier molecular flexibility index (Phi) is 6.86. The van der Waals surface area contributed by atoms with Crippen LogP contribution < -0.4 is 0 Å². The van der Waals surface area contributed by atoms with Crippen molar-refractivity contribution in [3.63, 3.8) is 0 Å². The number of pyridine rings is 1. The molecule has 0 aliphatic heterocycles. The van der Waals surface area contributed by atoms with Gasteiger partial charge in [0, 0.05) is 38.8 Å². The summed E-state index contributed by atoms with van der Waals surface area (Å²) in [7, 11) is 0. The number of hydrogen-bond acceptors (Lipinski definition) is 4. The van der Waals surface area contributed by atoms with Crippen LogP contribution in [0.2, 0.25) is 10.0 Å². The molecule has 9 heteroatoms. The summed E-state index contributed by atoms with van der Waals surface area (Å²) in [6, 6.07) is 9.34. The largest absolute Gasteiger partial charge is 0.326 e. The Hall–Kier alpha value is -2.18. The molecule has 0 spiro atoms. The Morgan fingerprint density at radius 2 is 1.86 bits per heavy atom. The maximum absolute atomic E-state index is 8.77. The molecule has 0 fully saturated rings. The van der Waals surface area contributed by atoms with Crippen molar-refractivity contribution in [3.05, 3.63) is 80.3 Å². The molecule has 0 N–H and O–H groups in total. The summed E-state index contributed by atoms with van der Waals surface area (Å²) in [6.07, 6.45) is 3.52. The smallest absolute Gasteiger partial charge is 0.123 e. The van der Waals surface area contributed by atoms with Gasteiger partial charge in [-0.25, -0.2) is 4.98 Å². The van der Waals surface area contributed by atoms with E-state index < -0.39 is 0 Å². The molecular formula is C19H18Cl2N6S. The highest BCUT2D eigenvalue weighted by Gasteiger charge is 2.21. The van der Waals surface area contributed by atoms with Crippen LogP contribution in [-0.4, -0.2) is 14.5 Å². The minimum Gasteiger partial charge on any atom is -0.326 e. The normalized spacial score (nSPS) is 10.9. The molecule has 0 unspecified atom stereocenters. The maximum atomic E-state index is 8.77. The number of halogens is 2. The van der Waals surface area contributed by atoms with Crippen LogP contribution in [0.3, 0.4) is 0 Å². The minimum atomic E-state index is 0.179. The fourth-order valence-corrected chi connectivity index (χ4v) is 4.74. The number of hydrogen-bond donors (Lipinski definition) is 0. The van der Waals surface area contributed by atoms with Crippen molar-refractivity contribution in [1.82, 2.24) is 14.5 Å². The topological polar surface area (TPSA) is 79.5 Å². The lowest BCUT2D eigenvalue weighted by Gasteiger charge is -2.15. The SMILES string of the molecule is CC(C)c1c(Sc2cc(Cl)cc(Cl)c2)nc(CN=[N+]=[N-])n1Cc1ccncc1. The highest BCUT2D eigenvalue weighted by molar-refractivity contribution is 7.99. The zero-order valence-electron chi connectivity index (χ0n) is 15.4. The molecule has 1 aromatic carbocycles. The molecule has 0 radical (unpaired) electrons. The van der Waals surface area contributed by atoms with Crippen molar-refractivity contribution in [1.29, 1.82) is 0 Å². The van der Waals surface area contributed by atoms with Crippen LogP contribution in [0.5, 0.6) is 0 Å². The molecule has 0 aliphatic carbocycles. The molecule has 6 nitrogen and oxygen atoms in total. The van der Waals surface area contributed by atoms with Crippen LogP contribution in [0.15, 0.2) is 57.8 Å². The summed E-state index contributed by atoms with van der Waals surface area (Å²) in [6.45, 7) is 5.03. The molecule has 28 heavy (non-hydrogen) atoms. The van der Waals surface area contributed by atoms with E-state index in [1.165, 1.54) is 11.8 Å². The standard InChI is InChI=1S/C19H18Cl2N6S/c1-12(2)18-19(28-16-8-14(20)7-15(21)9-16)25-17(10-24-26-22)27(18)11-13-3-5-23-6-4-13/h3-9,12H,10-11H2,1-2H3. The number of nitrogens with zero attached hydrogens (tertiary/aromatic N) is 6. The molecule has 0 aliphatic rings. The van der Waals surface area contributed by atoms with Crippen molar-refractivity contribution in [2.75, 3.05) is 0 Å². The second kappa shape index (κ2) is 9.34. The van der Waals surface area contributed by atoms with Crippen LogP contribution >= 0.6 is 35.0 Å². The van der Waals surface area contributed by atoms with Gasteiger partial charge in [-0.05, 0) is 47.3 Å². The lowest BCUT2D eigenvalue weighted by atomic mass is 10.1. The molecule has 0 amide bonds. The Bertz CT molecular complexity index is 993. The minimum absolute atomic E-state index is 0.179. The van der Waals surface area contributed by atoms with Crippen LogP contribution in [0.4, 0.5) is 0 Å². The molecule has 2 aromatic heterocycles. The van der Waals surface area contributed by atoms with E-state index in [1.807, 2.05) is 24.3 Å². The summed E-state index contributed by atoms with van der Waals surface area (Å²) >= 11 is 13.8. The van der Waals surface area contributed by atoms with Crippen LogP contribution in [-0.2, 0) is 13.1 Å². The first-order chi connectivity index (χ1) is 13.5. The van der Waals surface area contributed by atoms with E-state index in [4.69, 9.17) is 33.7 Å². The predicted molar refractivity (Wildman–Crippen MR) is 113 cm³/mol. The summed E-state index contributed by atoms with van der Waals surface area (Å²) in [5, 5.41) is 5.73. The molecule has 2 heterocycles. The third-order valence-corrected chi connectivity index (χ3v) is 5.42. The average Bonchev–Trinajstić information content (AvgIpc) is 2.97. The van der Waals surface area contributed by atoms with E-state index in [2.05, 4.69) is 33.4 Å². The Morgan fingerprint density at radius 3 is 2.46 bits per heavy atom. The molecule has 0 saturated carbocycles. The second-order valence-electron chi connectivity index (χ2n) is 6.41. The van der Waals surface area contributed by atoms with Gasteiger partial charge >= 0.3 is 0 Å². The maximum Gasteiger partial charge on any atom is 0.123 e. The lowest BCUT2D eigenvalue weighted by molar-refractivity contribution is 0.649. The van der Waals surface area contributed by atoms with Crippen molar-refractivity contribution in [3.8, 4) is 0 Å². The number of azide groups is 1. The number of aromatic nitrogens is 3. The third-order valence-electron chi connectivity index (χ3n) is 4.01. The fraction of sp³-hybridized carbons (Fsp3) is 0.263. The molecule has 0 bridgehead atoms. The van der Waals surface area contributed by atoms with Crippen LogP contribution in [0.1, 0.15) is 36.8 Å². The summed E-state index contributed by atoms with van der Waals surface area (Å²) in [5.74, 6) is 0.931. The predicted octanol–water partition coefficient (Wildman–Crippen LogP) is 6.72. The molecule has 3 rings (SSSR count). The van der Waals surface area contributed by atoms with E-state index in [-0.39, 0.29) is 12.5 Å². The zero-order valence-corrected chi connectivity index (χ0v) is 17.7. The van der Waals surface area contributed by atoms with Crippen molar-refractivity contribution in [2.24, 2.45) is 5.11 Å². The third kappa shape index (κ3) is 5.00. The van der Waals surface area contributed by atoms with Gasteiger partial charge in [-0.3, -0.25) is 4.98 Å². The number of imidazole rings is 1. The monoisotopic (exact) mass is 432 g/mol. The van der Waals surface area contributed by atoms with Crippen molar-refractivity contribution in [2.45, 2.75) is 42.8 Å². The van der Waals surface area contributed by atoms with Gasteiger partial charge in [0.05, 0.1) is 12.2 Å². The van der Waals surface area contributed by atoms with Gasteiger partial charge in [-0.15, -0.1) is 0 Å². The van der Waals surface area contributed by atoms with E-state index >= 15 is 0 Å². The molecule has 0 atom stereocenters. The average molecular weight is 433 g/mol. The fourth-order valence-electron chi connectivity index (χ4n) is 2.88. The van der Waals surface area contributed by atoms with Gasteiger partial charge in [-0.1, -0.05) is 53.9 Å². The first kappa shape index (κ1) is 20.6. The molecule has 3 aromatic rings. The second-order valence-corrected chi connectivity index (χ2v) is 8.35. The molecular weight excluding hydrogens is 415 g/mol. The Labute approximate surface area is 177 Å². The molecule has 0 saturated heterocycles. The van der Waals surface area contributed by atoms with E-state index in [0.29, 0.717) is 22.4 Å². The van der Waals surface area contributed by atoms with Gasteiger partial charge in [0.25, 0.3) is 0 Å². The van der Waals surface area contributed by atoms with Gasteiger partial charge < -0.3 is 4.57 Å². The first-order valence-corrected chi connectivity index (χ1v) is 10.2. The van der Waals surface area contributed by atoms with Gasteiger partial charge in [0.15, 0.2) is 0 Å². The summed E-state index contributed by atoms with van der Waals surface area (Å²) in [4.78, 5) is 12.6. The lowest BCUT2D eigenvalue weighted by Crippen LogP contribution is -2.10. The number of rotatable bonds is 7. The summed E-state index contributed by atoms with van der Waals surface area (Å²) < 4.78 is 2.11. The van der Waals surface area contributed by atoms with Gasteiger partial charge in [-0.2, -0.15) is 0 Å². The van der Waals surface area contributed by atoms with E-state index in [9.17, 15) is 0 Å². The van der Waals surface area contributed by atoms with Crippen molar-refractivity contribution >= 4 is 35.0 Å². The van der Waals surface area contributed by atoms with E-state index in [1.54, 1.807) is 18.5 Å². The van der Waals surface area contributed by atoms with E-state index in [0.717, 1.165) is 21.2 Å². The molecule has 144 valence electrons. The van der Waals surface area contributed by atoms with Crippen LogP contribution in [0, 0.1) is 0 Å². The highest BCUT2D eigenvalue weighted by Crippen LogP contribution is 2.37. The Morgan fingerprint density at radius 1 is 1.18 bits per heavy atom.